The molecule has 0 radical (unpaired) electrons. The number of nitrogens with zero attached hydrogens (tertiary/aromatic N) is 1. The van der Waals surface area contributed by atoms with Crippen LogP contribution in [0.15, 0.2) is 42.5 Å². The third kappa shape index (κ3) is 3.68. The first kappa shape index (κ1) is 16.3. The first-order chi connectivity index (χ1) is 11.5. The number of amides is 2. The maximum atomic E-state index is 12.2. The summed E-state index contributed by atoms with van der Waals surface area (Å²) in [6.07, 6.45) is 0. The molecule has 1 heterocycles. The molecule has 0 unspecified atom stereocenters. The Labute approximate surface area is 145 Å². The monoisotopic (exact) mass is 344 g/mol. The lowest BCUT2D eigenvalue weighted by atomic mass is 10.1. The van der Waals surface area contributed by atoms with Gasteiger partial charge in [-0.15, -0.1) is 0 Å². The van der Waals surface area contributed by atoms with E-state index >= 15 is 0 Å². The standard InChI is InChI=1S/C18H17ClN2O3/c1-12-2-4-13(5-3-12)9-20-17(22)10-21-15-8-14(19)6-7-16(15)24-11-18(21)23/h2-8H,9-11H2,1H3,(H,20,22). The van der Waals surface area contributed by atoms with Gasteiger partial charge in [0.25, 0.3) is 5.91 Å². The van der Waals surface area contributed by atoms with E-state index in [2.05, 4.69) is 5.32 Å². The second-order valence-electron chi connectivity index (χ2n) is 5.64. The molecule has 0 spiro atoms. The average Bonchev–Trinajstić information content (AvgIpc) is 2.57. The molecule has 2 aromatic carbocycles. The van der Waals surface area contributed by atoms with Crippen molar-refractivity contribution in [3.8, 4) is 5.75 Å². The first-order valence-corrected chi connectivity index (χ1v) is 7.96. The Hall–Kier alpha value is -2.53. The number of hydrogen-bond donors (Lipinski definition) is 1. The molecule has 0 fully saturated rings. The van der Waals surface area contributed by atoms with Crippen molar-refractivity contribution >= 4 is 29.1 Å². The summed E-state index contributed by atoms with van der Waals surface area (Å²) in [5.74, 6) is 0.0392. The Balaban J connectivity index is 1.66. The molecule has 124 valence electrons. The van der Waals surface area contributed by atoms with Crippen LogP contribution in [0, 0.1) is 6.92 Å². The van der Waals surface area contributed by atoms with Gasteiger partial charge in [-0.1, -0.05) is 41.4 Å². The number of rotatable bonds is 4. The quantitative estimate of drug-likeness (QED) is 0.927. The van der Waals surface area contributed by atoms with E-state index in [0.717, 1.165) is 11.1 Å². The lowest BCUT2D eigenvalue weighted by molar-refractivity contribution is -0.125. The molecule has 0 saturated carbocycles. The minimum Gasteiger partial charge on any atom is -0.482 e. The largest absolute Gasteiger partial charge is 0.482 e. The molecule has 2 amide bonds. The lowest BCUT2D eigenvalue weighted by Gasteiger charge is -2.29. The van der Waals surface area contributed by atoms with Crippen molar-refractivity contribution in [3.05, 3.63) is 58.6 Å². The molecule has 1 aliphatic heterocycles. The number of carbonyl (C=O) groups excluding carboxylic acids is 2. The van der Waals surface area contributed by atoms with Crippen LogP contribution in [0.3, 0.4) is 0 Å². The van der Waals surface area contributed by atoms with Crippen molar-refractivity contribution in [1.82, 2.24) is 5.32 Å². The maximum Gasteiger partial charge on any atom is 0.265 e. The predicted octanol–water partition coefficient (Wildman–Crippen LogP) is 2.69. The molecule has 24 heavy (non-hydrogen) atoms. The second kappa shape index (κ2) is 6.93. The maximum absolute atomic E-state index is 12.2. The smallest absolute Gasteiger partial charge is 0.265 e. The van der Waals surface area contributed by atoms with Gasteiger partial charge < -0.3 is 10.1 Å². The summed E-state index contributed by atoms with van der Waals surface area (Å²) >= 11 is 5.99. The number of ether oxygens (including phenoxy) is 1. The van der Waals surface area contributed by atoms with Crippen LogP contribution in [0.4, 0.5) is 5.69 Å². The summed E-state index contributed by atoms with van der Waals surface area (Å²) in [5, 5.41) is 3.31. The second-order valence-corrected chi connectivity index (χ2v) is 6.08. The number of benzene rings is 2. The van der Waals surface area contributed by atoms with Gasteiger partial charge in [-0.3, -0.25) is 14.5 Å². The van der Waals surface area contributed by atoms with Gasteiger partial charge in [-0.2, -0.15) is 0 Å². The van der Waals surface area contributed by atoms with Gasteiger partial charge in [-0.25, -0.2) is 0 Å². The summed E-state index contributed by atoms with van der Waals surface area (Å²) in [5.41, 5.74) is 2.69. The van der Waals surface area contributed by atoms with Crippen molar-refractivity contribution in [1.29, 1.82) is 0 Å². The highest BCUT2D eigenvalue weighted by atomic mass is 35.5. The molecule has 1 aliphatic rings. The summed E-state index contributed by atoms with van der Waals surface area (Å²) in [6, 6.07) is 12.9. The third-order valence-corrected chi connectivity index (χ3v) is 4.01. The van der Waals surface area contributed by atoms with Crippen molar-refractivity contribution in [2.45, 2.75) is 13.5 Å². The van der Waals surface area contributed by atoms with Gasteiger partial charge in [0.05, 0.1) is 5.69 Å². The van der Waals surface area contributed by atoms with Crippen LogP contribution in [-0.4, -0.2) is 25.0 Å². The van der Waals surface area contributed by atoms with Gasteiger partial charge in [0.15, 0.2) is 6.61 Å². The fraction of sp³-hybridized carbons (Fsp3) is 0.222. The fourth-order valence-electron chi connectivity index (χ4n) is 2.45. The number of carbonyl (C=O) groups is 2. The van der Waals surface area contributed by atoms with Crippen molar-refractivity contribution in [3.63, 3.8) is 0 Å². The fourth-order valence-corrected chi connectivity index (χ4v) is 2.62. The number of anilines is 1. The normalized spacial score (nSPS) is 13.2. The van der Waals surface area contributed by atoms with E-state index in [0.29, 0.717) is 23.0 Å². The zero-order valence-electron chi connectivity index (χ0n) is 13.2. The van der Waals surface area contributed by atoms with Gasteiger partial charge >= 0.3 is 0 Å². The number of fused-ring (bicyclic) bond motifs is 1. The predicted molar refractivity (Wildman–Crippen MR) is 92.3 cm³/mol. The van der Waals surface area contributed by atoms with E-state index in [1.165, 1.54) is 4.90 Å². The molecular formula is C18H17ClN2O3. The molecule has 3 rings (SSSR count). The number of hydrogen-bond acceptors (Lipinski definition) is 3. The van der Waals surface area contributed by atoms with Crippen LogP contribution in [-0.2, 0) is 16.1 Å². The van der Waals surface area contributed by atoms with Gasteiger partial charge in [0.2, 0.25) is 5.91 Å². The van der Waals surface area contributed by atoms with Gasteiger partial charge in [0.1, 0.15) is 12.3 Å². The van der Waals surface area contributed by atoms with E-state index in [4.69, 9.17) is 16.3 Å². The molecule has 0 atom stereocenters. The molecule has 5 nitrogen and oxygen atoms in total. The van der Waals surface area contributed by atoms with Crippen LogP contribution in [0.25, 0.3) is 0 Å². The molecule has 0 aliphatic carbocycles. The third-order valence-electron chi connectivity index (χ3n) is 3.78. The van der Waals surface area contributed by atoms with Crippen LogP contribution in [0.5, 0.6) is 5.75 Å². The van der Waals surface area contributed by atoms with Crippen LogP contribution < -0.4 is 15.0 Å². The SMILES string of the molecule is Cc1ccc(CNC(=O)CN2C(=O)COc3ccc(Cl)cc32)cc1. The van der Waals surface area contributed by atoms with E-state index in [-0.39, 0.29) is 25.0 Å². The van der Waals surface area contributed by atoms with Gasteiger partial charge in [0, 0.05) is 11.6 Å². The zero-order valence-corrected chi connectivity index (χ0v) is 14.0. The molecule has 2 aromatic rings. The minimum atomic E-state index is -0.268. The topological polar surface area (TPSA) is 58.6 Å². The lowest BCUT2D eigenvalue weighted by Crippen LogP contribution is -2.45. The molecule has 1 N–H and O–H groups in total. The summed E-state index contributed by atoms with van der Waals surface area (Å²) in [4.78, 5) is 25.7. The van der Waals surface area contributed by atoms with Gasteiger partial charge in [-0.05, 0) is 30.7 Å². The highest BCUT2D eigenvalue weighted by molar-refractivity contribution is 6.31. The summed E-state index contributed by atoms with van der Waals surface area (Å²) in [6.45, 7) is 2.27. The van der Waals surface area contributed by atoms with Crippen molar-refractivity contribution in [2.75, 3.05) is 18.1 Å². The van der Waals surface area contributed by atoms with E-state index in [1.807, 2.05) is 31.2 Å². The van der Waals surface area contributed by atoms with Crippen LogP contribution in [0.2, 0.25) is 5.02 Å². The van der Waals surface area contributed by atoms with E-state index < -0.39 is 0 Å². The minimum absolute atomic E-state index is 0.0681. The van der Waals surface area contributed by atoms with Crippen LogP contribution in [0.1, 0.15) is 11.1 Å². The Bertz CT molecular complexity index is 774. The molecule has 6 heteroatoms. The van der Waals surface area contributed by atoms with Crippen molar-refractivity contribution in [2.24, 2.45) is 0 Å². The first-order valence-electron chi connectivity index (χ1n) is 7.58. The molecule has 0 saturated heterocycles. The molecule has 0 aromatic heterocycles. The number of halogens is 1. The van der Waals surface area contributed by atoms with E-state index in [1.54, 1.807) is 18.2 Å². The van der Waals surface area contributed by atoms with Crippen molar-refractivity contribution < 1.29 is 14.3 Å². The number of nitrogens with one attached hydrogen (secondary N) is 1. The Morgan fingerprint density at radius 1 is 1.25 bits per heavy atom. The van der Waals surface area contributed by atoms with Crippen LogP contribution >= 0.6 is 11.6 Å². The molecular weight excluding hydrogens is 328 g/mol. The highest BCUT2D eigenvalue weighted by Gasteiger charge is 2.27. The Kier molecular flexibility index (Phi) is 4.71. The Morgan fingerprint density at radius 2 is 2.00 bits per heavy atom. The summed E-state index contributed by atoms with van der Waals surface area (Å²) < 4.78 is 5.36. The Morgan fingerprint density at radius 3 is 2.75 bits per heavy atom. The molecule has 0 bridgehead atoms. The highest BCUT2D eigenvalue weighted by Crippen LogP contribution is 2.34. The average molecular weight is 345 g/mol. The zero-order chi connectivity index (χ0) is 17.1. The summed E-state index contributed by atoms with van der Waals surface area (Å²) in [7, 11) is 0. The van der Waals surface area contributed by atoms with E-state index in [9.17, 15) is 9.59 Å². The number of aryl methyl sites for hydroxylation is 1.